The maximum atomic E-state index is 11.8. The minimum atomic E-state index is -0.655. The van der Waals surface area contributed by atoms with Gasteiger partial charge in [0.1, 0.15) is 5.70 Å². The van der Waals surface area contributed by atoms with E-state index in [0.717, 1.165) is 21.3 Å². The van der Waals surface area contributed by atoms with Crippen LogP contribution in [0, 0.1) is 0 Å². The first kappa shape index (κ1) is 16.0. The van der Waals surface area contributed by atoms with Gasteiger partial charge in [0.25, 0.3) is 0 Å². The lowest BCUT2D eigenvalue weighted by atomic mass is 10.1. The monoisotopic (exact) mass is 363 g/mol. The van der Waals surface area contributed by atoms with Crippen molar-refractivity contribution in [2.45, 2.75) is 0 Å². The molecule has 0 amide bonds. The quantitative estimate of drug-likeness (QED) is 0.667. The number of carbonyl (C=O) groups excluding carboxylic acids is 2. The Bertz CT molecular complexity index is 755. The summed E-state index contributed by atoms with van der Waals surface area (Å²) in [7, 11) is 2.48. The van der Waals surface area contributed by atoms with Gasteiger partial charge in [-0.25, -0.2) is 9.59 Å². The molecule has 5 nitrogen and oxygen atoms in total. The summed E-state index contributed by atoms with van der Waals surface area (Å²) in [6, 6.07) is 11.3. The molecule has 0 bridgehead atoms. The summed E-state index contributed by atoms with van der Waals surface area (Å²) in [4.78, 5) is 23.2. The van der Waals surface area contributed by atoms with Crippen LogP contribution in [0.4, 0.5) is 5.69 Å². The average Bonchev–Trinajstić information content (AvgIpc) is 2.54. The number of fused-ring (bicyclic) bond motifs is 1. The molecule has 114 valence electrons. The number of anilines is 1. The maximum Gasteiger partial charge on any atom is 0.354 e. The van der Waals surface area contributed by atoms with Gasteiger partial charge in [0.2, 0.25) is 0 Å². The second-order valence-corrected chi connectivity index (χ2v) is 5.19. The number of nitrogens with one attached hydrogen (secondary N) is 1. The molecule has 0 fully saturated rings. The molecular weight excluding hydrogens is 350 g/mol. The third kappa shape index (κ3) is 3.46. The molecule has 0 atom stereocenters. The number of halogens is 1. The number of methoxy groups -OCH3 is 2. The molecule has 0 unspecified atom stereocenters. The molecule has 0 aliphatic rings. The van der Waals surface area contributed by atoms with E-state index in [1.54, 1.807) is 0 Å². The van der Waals surface area contributed by atoms with Crippen molar-refractivity contribution < 1.29 is 19.1 Å². The summed E-state index contributed by atoms with van der Waals surface area (Å²) in [5.74, 6) is -1.30. The van der Waals surface area contributed by atoms with Gasteiger partial charge < -0.3 is 14.8 Å². The maximum absolute atomic E-state index is 11.8. The second kappa shape index (κ2) is 7.09. The fourth-order valence-electron chi connectivity index (χ4n) is 1.96. The van der Waals surface area contributed by atoms with Crippen LogP contribution in [0.2, 0.25) is 0 Å². The van der Waals surface area contributed by atoms with Gasteiger partial charge in [-0.1, -0.05) is 40.2 Å². The molecule has 0 heterocycles. The lowest BCUT2D eigenvalue weighted by Crippen LogP contribution is -2.15. The van der Waals surface area contributed by atoms with Crippen LogP contribution in [0.25, 0.3) is 10.8 Å². The van der Waals surface area contributed by atoms with Crippen molar-refractivity contribution in [3.8, 4) is 0 Å². The van der Waals surface area contributed by atoms with Gasteiger partial charge in [0.05, 0.1) is 20.3 Å². The highest BCUT2D eigenvalue weighted by atomic mass is 79.9. The van der Waals surface area contributed by atoms with E-state index in [0.29, 0.717) is 5.69 Å². The van der Waals surface area contributed by atoms with E-state index >= 15 is 0 Å². The predicted molar refractivity (Wildman–Crippen MR) is 87.4 cm³/mol. The standard InChI is InChI=1S/C16H14BrNO4/c1-21-15(19)9-14(16(20)22-2)18-13-8-4-5-10-11(13)6-3-7-12(10)17/h3-9,18H,1-2H3/b14-9+. The Morgan fingerprint density at radius 3 is 2.41 bits per heavy atom. The van der Waals surface area contributed by atoms with Gasteiger partial charge in [-0.3, -0.25) is 0 Å². The van der Waals surface area contributed by atoms with Crippen LogP contribution in [-0.4, -0.2) is 26.2 Å². The van der Waals surface area contributed by atoms with Crippen LogP contribution in [0.15, 0.2) is 52.6 Å². The second-order valence-electron chi connectivity index (χ2n) is 4.34. The minimum absolute atomic E-state index is 0.00169. The van der Waals surface area contributed by atoms with Crippen molar-refractivity contribution in [3.05, 3.63) is 52.6 Å². The summed E-state index contributed by atoms with van der Waals surface area (Å²) in [5.41, 5.74) is 0.682. The lowest BCUT2D eigenvalue weighted by molar-refractivity contribution is -0.138. The summed E-state index contributed by atoms with van der Waals surface area (Å²) in [6.07, 6.45) is 1.06. The SMILES string of the molecule is COC(=O)/C=C(/Nc1cccc2c(Br)cccc12)C(=O)OC. The first-order chi connectivity index (χ1) is 10.6. The first-order valence-corrected chi connectivity index (χ1v) is 7.18. The van der Waals surface area contributed by atoms with Gasteiger partial charge in [-0.15, -0.1) is 0 Å². The molecule has 2 aromatic carbocycles. The van der Waals surface area contributed by atoms with Crippen LogP contribution in [0.5, 0.6) is 0 Å². The number of benzene rings is 2. The molecule has 0 aliphatic carbocycles. The predicted octanol–water partition coefficient (Wildman–Crippen LogP) is 3.24. The first-order valence-electron chi connectivity index (χ1n) is 6.39. The lowest BCUT2D eigenvalue weighted by Gasteiger charge is -2.12. The molecule has 0 saturated heterocycles. The Morgan fingerprint density at radius 1 is 1.05 bits per heavy atom. The van der Waals surface area contributed by atoms with Gasteiger partial charge in [0.15, 0.2) is 0 Å². The van der Waals surface area contributed by atoms with Crippen molar-refractivity contribution in [2.75, 3.05) is 19.5 Å². The highest BCUT2D eigenvalue weighted by molar-refractivity contribution is 9.10. The van der Waals surface area contributed by atoms with Crippen molar-refractivity contribution in [1.82, 2.24) is 0 Å². The number of hydrogen-bond acceptors (Lipinski definition) is 5. The van der Waals surface area contributed by atoms with E-state index in [9.17, 15) is 9.59 Å². The molecule has 0 saturated carbocycles. The van der Waals surface area contributed by atoms with E-state index in [1.165, 1.54) is 14.2 Å². The number of esters is 2. The Balaban J connectivity index is 2.47. The number of rotatable bonds is 4. The van der Waals surface area contributed by atoms with Crippen molar-refractivity contribution in [1.29, 1.82) is 0 Å². The van der Waals surface area contributed by atoms with Crippen molar-refractivity contribution in [3.63, 3.8) is 0 Å². The Kier molecular flexibility index (Phi) is 5.16. The summed E-state index contributed by atoms with van der Waals surface area (Å²) in [5, 5.41) is 4.81. The van der Waals surface area contributed by atoms with Crippen LogP contribution < -0.4 is 5.32 Å². The zero-order chi connectivity index (χ0) is 16.1. The highest BCUT2D eigenvalue weighted by Gasteiger charge is 2.14. The Hall–Kier alpha value is -2.34. The number of ether oxygens (including phenoxy) is 2. The van der Waals surface area contributed by atoms with Crippen LogP contribution in [-0.2, 0) is 19.1 Å². The van der Waals surface area contributed by atoms with E-state index < -0.39 is 11.9 Å². The molecule has 2 rings (SSSR count). The fraction of sp³-hybridized carbons (Fsp3) is 0.125. The van der Waals surface area contributed by atoms with E-state index in [4.69, 9.17) is 0 Å². The minimum Gasteiger partial charge on any atom is -0.466 e. The zero-order valence-electron chi connectivity index (χ0n) is 12.1. The van der Waals surface area contributed by atoms with Gasteiger partial charge in [-0.05, 0) is 17.5 Å². The third-order valence-corrected chi connectivity index (χ3v) is 3.70. The van der Waals surface area contributed by atoms with Gasteiger partial charge >= 0.3 is 11.9 Å². The smallest absolute Gasteiger partial charge is 0.354 e. The summed E-state index contributed by atoms with van der Waals surface area (Å²) >= 11 is 3.48. The summed E-state index contributed by atoms with van der Waals surface area (Å²) < 4.78 is 10.2. The van der Waals surface area contributed by atoms with Crippen LogP contribution >= 0.6 is 15.9 Å². The normalized spacial score (nSPS) is 11.1. The molecular formula is C16H14BrNO4. The van der Waals surface area contributed by atoms with Gasteiger partial charge in [-0.2, -0.15) is 0 Å². The van der Waals surface area contributed by atoms with E-state index in [2.05, 4.69) is 30.7 Å². The highest BCUT2D eigenvalue weighted by Crippen LogP contribution is 2.30. The molecule has 2 aromatic rings. The molecule has 0 radical (unpaired) electrons. The molecule has 22 heavy (non-hydrogen) atoms. The molecule has 0 aliphatic heterocycles. The van der Waals surface area contributed by atoms with Crippen molar-refractivity contribution >= 4 is 44.3 Å². The molecule has 1 N–H and O–H groups in total. The van der Waals surface area contributed by atoms with Crippen LogP contribution in [0.3, 0.4) is 0 Å². The van der Waals surface area contributed by atoms with E-state index in [1.807, 2.05) is 36.4 Å². The molecule has 6 heteroatoms. The van der Waals surface area contributed by atoms with Crippen molar-refractivity contribution in [2.24, 2.45) is 0 Å². The summed E-state index contributed by atoms with van der Waals surface area (Å²) in [6.45, 7) is 0. The Morgan fingerprint density at radius 2 is 1.73 bits per heavy atom. The molecule has 0 spiro atoms. The van der Waals surface area contributed by atoms with E-state index in [-0.39, 0.29) is 5.70 Å². The molecule has 0 aromatic heterocycles. The fourth-order valence-corrected chi connectivity index (χ4v) is 2.46. The zero-order valence-corrected chi connectivity index (χ0v) is 13.6. The van der Waals surface area contributed by atoms with Gasteiger partial charge in [0, 0.05) is 15.5 Å². The Labute approximate surface area is 136 Å². The largest absolute Gasteiger partial charge is 0.466 e. The number of carbonyl (C=O) groups is 2. The number of hydrogen-bond donors (Lipinski definition) is 1. The topological polar surface area (TPSA) is 64.6 Å². The van der Waals surface area contributed by atoms with Crippen LogP contribution in [0.1, 0.15) is 0 Å². The third-order valence-electron chi connectivity index (χ3n) is 3.01. The average molecular weight is 364 g/mol.